The summed E-state index contributed by atoms with van der Waals surface area (Å²) >= 11 is 0. The van der Waals surface area contributed by atoms with Crippen LogP contribution in [0.4, 0.5) is 11.4 Å². The molecule has 0 saturated carbocycles. The molecule has 0 aliphatic rings. The van der Waals surface area contributed by atoms with Crippen LogP contribution in [0.1, 0.15) is 11.1 Å². The molecule has 4 aromatic carbocycles. The van der Waals surface area contributed by atoms with Gasteiger partial charge in [-0.1, -0.05) is 42.5 Å². The molecule has 11 heteroatoms. The summed E-state index contributed by atoms with van der Waals surface area (Å²) in [5, 5.41) is 6.71. The van der Waals surface area contributed by atoms with Crippen LogP contribution in [0, 0.1) is 6.92 Å². The Morgan fingerprint density at radius 3 is 2.21 bits per heavy atom. The molecule has 42 heavy (non-hydrogen) atoms. The molecule has 4 rings (SSSR count). The maximum absolute atomic E-state index is 13.6. The Labute approximate surface area is 244 Å². The summed E-state index contributed by atoms with van der Waals surface area (Å²) in [6.45, 7) is 1.12. The van der Waals surface area contributed by atoms with Gasteiger partial charge >= 0.3 is 0 Å². The molecule has 2 amide bonds. The van der Waals surface area contributed by atoms with Crippen molar-refractivity contribution in [1.29, 1.82) is 0 Å². The maximum Gasteiger partial charge on any atom is 0.264 e. The van der Waals surface area contributed by atoms with E-state index in [4.69, 9.17) is 9.47 Å². The van der Waals surface area contributed by atoms with Crippen molar-refractivity contribution in [2.45, 2.75) is 11.8 Å². The Kier molecular flexibility index (Phi) is 9.90. The third-order valence-electron chi connectivity index (χ3n) is 5.93. The van der Waals surface area contributed by atoms with E-state index in [1.807, 2.05) is 25.1 Å². The summed E-state index contributed by atoms with van der Waals surface area (Å²) in [7, 11) is -2.68. The fraction of sp³-hybridized carbons (Fsp3) is 0.129. The number of methoxy groups -OCH3 is 1. The molecule has 0 atom stereocenters. The van der Waals surface area contributed by atoms with E-state index in [0.29, 0.717) is 22.7 Å². The van der Waals surface area contributed by atoms with Crippen LogP contribution in [-0.4, -0.2) is 46.7 Å². The normalized spacial score (nSPS) is 11.1. The second-order valence-electron chi connectivity index (χ2n) is 9.07. The number of anilines is 2. The smallest absolute Gasteiger partial charge is 0.264 e. The number of aryl methyl sites for hydroxylation is 1. The molecular formula is C31H30N4O6S. The van der Waals surface area contributed by atoms with Gasteiger partial charge in [-0.2, -0.15) is 5.10 Å². The van der Waals surface area contributed by atoms with Gasteiger partial charge in [0.25, 0.3) is 21.8 Å². The van der Waals surface area contributed by atoms with Gasteiger partial charge in [-0.25, -0.2) is 13.8 Å². The third-order valence-corrected chi connectivity index (χ3v) is 7.71. The van der Waals surface area contributed by atoms with Crippen LogP contribution < -0.4 is 24.5 Å². The lowest BCUT2D eigenvalue weighted by atomic mass is 10.2. The van der Waals surface area contributed by atoms with Gasteiger partial charge in [0.2, 0.25) is 0 Å². The van der Waals surface area contributed by atoms with Gasteiger partial charge in [-0.15, -0.1) is 0 Å². The second kappa shape index (κ2) is 14.0. The molecule has 0 aliphatic carbocycles. The second-order valence-corrected chi connectivity index (χ2v) is 10.9. The van der Waals surface area contributed by atoms with Gasteiger partial charge in [-0.05, 0) is 78.7 Å². The molecule has 0 bridgehead atoms. The number of hydrazone groups is 1. The van der Waals surface area contributed by atoms with Crippen molar-refractivity contribution in [3.63, 3.8) is 0 Å². The minimum Gasteiger partial charge on any atom is -0.495 e. The van der Waals surface area contributed by atoms with E-state index in [0.717, 1.165) is 9.87 Å². The first-order valence-corrected chi connectivity index (χ1v) is 14.3. The largest absolute Gasteiger partial charge is 0.495 e. The molecule has 0 fully saturated rings. The lowest BCUT2D eigenvalue weighted by Crippen LogP contribution is -2.39. The van der Waals surface area contributed by atoms with E-state index in [1.165, 1.54) is 25.5 Å². The number of carbonyl (C=O) groups excluding carboxylic acids is 2. The number of nitrogens with one attached hydrogen (secondary N) is 2. The van der Waals surface area contributed by atoms with Crippen LogP contribution in [0.2, 0.25) is 0 Å². The van der Waals surface area contributed by atoms with Gasteiger partial charge < -0.3 is 14.8 Å². The SMILES string of the molecule is COc1ccc(C)cc1N(CC(=O)N/N=C\c1ccc(OCC(=O)Nc2ccccc2)cc1)S(=O)(=O)c1ccccc1. The van der Waals surface area contributed by atoms with E-state index in [9.17, 15) is 18.0 Å². The molecule has 0 spiro atoms. The quantitative estimate of drug-likeness (QED) is 0.188. The molecule has 216 valence electrons. The summed E-state index contributed by atoms with van der Waals surface area (Å²) in [4.78, 5) is 25.0. The highest BCUT2D eigenvalue weighted by molar-refractivity contribution is 7.92. The molecular weight excluding hydrogens is 556 g/mol. The average molecular weight is 587 g/mol. The Morgan fingerprint density at radius 1 is 0.881 bits per heavy atom. The molecule has 0 heterocycles. The summed E-state index contributed by atoms with van der Waals surface area (Å²) in [6.07, 6.45) is 1.41. The summed E-state index contributed by atoms with van der Waals surface area (Å²) in [6, 6.07) is 28.7. The monoisotopic (exact) mass is 586 g/mol. The predicted molar refractivity (Wildman–Crippen MR) is 161 cm³/mol. The van der Waals surface area contributed by atoms with E-state index < -0.39 is 22.5 Å². The minimum absolute atomic E-state index is 0.0321. The number of hydrogen-bond acceptors (Lipinski definition) is 7. The van der Waals surface area contributed by atoms with Gasteiger partial charge in [-0.3, -0.25) is 13.9 Å². The predicted octanol–water partition coefficient (Wildman–Crippen LogP) is 4.37. The standard InChI is InChI=1S/C31H30N4O6S/c1-23-13-18-29(40-2)28(19-23)35(42(38,39)27-11-7-4-8-12-27)21-30(36)34-32-20-24-14-16-26(17-15-24)41-22-31(37)33-25-9-5-3-6-10-25/h3-20H,21-22H2,1-2H3,(H,33,37)(H,34,36)/b32-20-. The average Bonchev–Trinajstić information content (AvgIpc) is 3.00. The molecule has 10 nitrogen and oxygen atoms in total. The molecule has 0 aliphatic heterocycles. The van der Waals surface area contributed by atoms with Gasteiger partial charge in [0, 0.05) is 5.69 Å². The summed E-state index contributed by atoms with van der Waals surface area (Å²) in [5.74, 6) is -0.163. The fourth-order valence-corrected chi connectivity index (χ4v) is 5.32. The fourth-order valence-electron chi connectivity index (χ4n) is 3.88. The molecule has 0 saturated heterocycles. The van der Waals surface area contributed by atoms with Crippen LogP contribution >= 0.6 is 0 Å². The Bertz CT molecular complexity index is 1640. The number of nitrogens with zero attached hydrogens (tertiary/aromatic N) is 2. The van der Waals surface area contributed by atoms with Crippen molar-refractivity contribution >= 4 is 39.4 Å². The first kappa shape index (κ1) is 29.8. The molecule has 0 unspecified atom stereocenters. The highest BCUT2D eigenvalue weighted by atomic mass is 32.2. The van der Waals surface area contributed by atoms with Gasteiger partial charge in [0.05, 0.1) is 23.9 Å². The highest BCUT2D eigenvalue weighted by Crippen LogP contribution is 2.33. The molecule has 0 aromatic heterocycles. The van der Waals surface area contributed by atoms with Crippen LogP contribution in [0.25, 0.3) is 0 Å². The van der Waals surface area contributed by atoms with Crippen molar-refractivity contribution in [2.75, 3.05) is 29.9 Å². The number of para-hydroxylation sites is 1. The van der Waals surface area contributed by atoms with E-state index in [1.54, 1.807) is 72.8 Å². The van der Waals surface area contributed by atoms with Crippen LogP contribution in [0.15, 0.2) is 113 Å². The van der Waals surface area contributed by atoms with Crippen molar-refractivity contribution in [3.8, 4) is 11.5 Å². The van der Waals surface area contributed by atoms with Gasteiger partial charge in [0.15, 0.2) is 6.61 Å². The van der Waals surface area contributed by atoms with Crippen LogP contribution in [0.3, 0.4) is 0 Å². The number of ether oxygens (including phenoxy) is 2. The van der Waals surface area contributed by atoms with Crippen molar-refractivity contribution in [3.05, 3.63) is 114 Å². The zero-order chi connectivity index (χ0) is 30.0. The lowest BCUT2D eigenvalue weighted by Gasteiger charge is -2.25. The maximum atomic E-state index is 13.6. The first-order chi connectivity index (χ1) is 20.3. The number of carbonyl (C=O) groups is 2. The lowest BCUT2D eigenvalue weighted by molar-refractivity contribution is -0.119. The highest BCUT2D eigenvalue weighted by Gasteiger charge is 2.29. The summed E-state index contributed by atoms with van der Waals surface area (Å²) in [5.41, 5.74) is 4.73. The zero-order valence-electron chi connectivity index (χ0n) is 23.1. The molecule has 2 N–H and O–H groups in total. The summed E-state index contributed by atoms with van der Waals surface area (Å²) < 4.78 is 39.1. The number of benzene rings is 4. The number of amides is 2. The number of rotatable bonds is 12. The van der Waals surface area contributed by atoms with Crippen LogP contribution in [-0.2, 0) is 19.6 Å². The van der Waals surface area contributed by atoms with Crippen LogP contribution in [0.5, 0.6) is 11.5 Å². The van der Waals surface area contributed by atoms with Gasteiger partial charge in [0.1, 0.15) is 18.0 Å². The minimum atomic E-state index is -4.11. The molecule has 4 aromatic rings. The molecule has 0 radical (unpaired) electrons. The van der Waals surface area contributed by atoms with Crippen molar-refractivity contribution in [2.24, 2.45) is 5.10 Å². The van der Waals surface area contributed by atoms with Crippen molar-refractivity contribution in [1.82, 2.24) is 5.43 Å². The van der Waals surface area contributed by atoms with E-state index in [-0.39, 0.29) is 23.1 Å². The van der Waals surface area contributed by atoms with Crippen molar-refractivity contribution < 1.29 is 27.5 Å². The topological polar surface area (TPSA) is 126 Å². The Balaban J connectivity index is 1.39. The van der Waals surface area contributed by atoms with E-state index >= 15 is 0 Å². The number of sulfonamides is 1. The first-order valence-electron chi connectivity index (χ1n) is 12.9. The van der Waals surface area contributed by atoms with E-state index in [2.05, 4.69) is 15.8 Å². The number of hydrogen-bond donors (Lipinski definition) is 2. The Morgan fingerprint density at radius 2 is 1.55 bits per heavy atom. The Hall–Kier alpha value is -5.16. The zero-order valence-corrected chi connectivity index (χ0v) is 23.9. The third kappa shape index (κ3) is 7.95.